The van der Waals surface area contributed by atoms with Crippen molar-refractivity contribution in [1.29, 1.82) is 0 Å². The number of rotatable bonds is 1. The van der Waals surface area contributed by atoms with E-state index < -0.39 is 0 Å². The molecule has 0 saturated carbocycles. The number of carbonyl (C=O) groups is 1. The number of hydrogen-bond donors (Lipinski definition) is 1. The Kier molecular flexibility index (Phi) is 3.81. The van der Waals surface area contributed by atoms with Crippen molar-refractivity contribution in [3.8, 4) is 0 Å². The molecule has 98 valence electrons. The van der Waals surface area contributed by atoms with Crippen molar-refractivity contribution in [3.63, 3.8) is 0 Å². The van der Waals surface area contributed by atoms with Crippen LogP contribution in [0.15, 0.2) is 18.2 Å². The zero-order valence-corrected chi connectivity index (χ0v) is 11.6. The molecule has 1 amide bonds. The monoisotopic (exact) mass is 266 g/mol. The summed E-state index contributed by atoms with van der Waals surface area (Å²) in [5.74, 6) is 1.07. The van der Waals surface area contributed by atoms with Crippen molar-refractivity contribution in [2.75, 3.05) is 18.8 Å². The molecule has 2 atom stereocenters. The summed E-state index contributed by atoms with van der Waals surface area (Å²) in [5.41, 5.74) is 6.80. The molecule has 2 rings (SSSR count). The Hall–Kier alpha value is -1.22. The SMILES string of the molecule is C[C@@H]1C[C@H](C)CN(C(=O)c2cc(N)ccc2Cl)C1. The first-order valence-electron chi connectivity index (χ1n) is 6.31. The molecule has 0 spiro atoms. The zero-order valence-electron chi connectivity index (χ0n) is 10.8. The topological polar surface area (TPSA) is 46.3 Å². The maximum Gasteiger partial charge on any atom is 0.255 e. The lowest BCUT2D eigenvalue weighted by Gasteiger charge is -2.35. The quantitative estimate of drug-likeness (QED) is 0.794. The number of nitrogen functional groups attached to an aromatic ring is 1. The number of piperidine rings is 1. The van der Waals surface area contributed by atoms with Gasteiger partial charge in [-0.25, -0.2) is 0 Å². The Morgan fingerprint density at radius 3 is 2.56 bits per heavy atom. The Morgan fingerprint density at radius 1 is 1.33 bits per heavy atom. The van der Waals surface area contributed by atoms with E-state index in [1.165, 1.54) is 6.42 Å². The van der Waals surface area contributed by atoms with Gasteiger partial charge in [0.2, 0.25) is 0 Å². The molecule has 0 aromatic heterocycles. The first-order chi connectivity index (χ1) is 8.47. The molecule has 0 bridgehead atoms. The maximum atomic E-state index is 12.4. The van der Waals surface area contributed by atoms with Gasteiger partial charge in [0.1, 0.15) is 0 Å². The van der Waals surface area contributed by atoms with Crippen molar-refractivity contribution >= 4 is 23.2 Å². The second-order valence-corrected chi connectivity index (χ2v) is 5.80. The molecule has 4 heteroatoms. The first-order valence-corrected chi connectivity index (χ1v) is 6.69. The number of anilines is 1. The summed E-state index contributed by atoms with van der Waals surface area (Å²) < 4.78 is 0. The summed E-state index contributed by atoms with van der Waals surface area (Å²) in [6.07, 6.45) is 1.18. The number of carbonyl (C=O) groups excluding carboxylic acids is 1. The van der Waals surface area contributed by atoms with E-state index in [1.54, 1.807) is 18.2 Å². The van der Waals surface area contributed by atoms with Gasteiger partial charge in [-0.1, -0.05) is 25.4 Å². The van der Waals surface area contributed by atoms with E-state index in [0.29, 0.717) is 28.1 Å². The van der Waals surface area contributed by atoms with Crippen LogP contribution < -0.4 is 5.73 Å². The molecule has 0 aliphatic carbocycles. The van der Waals surface area contributed by atoms with E-state index in [0.717, 1.165) is 13.1 Å². The first kappa shape index (κ1) is 13.2. The van der Waals surface area contributed by atoms with Crippen LogP contribution in [0.5, 0.6) is 0 Å². The van der Waals surface area contributed by atoms with Gasteiger partial charge in [-0.2, -0.15) is 0 Å². The van der Waals surface area contributed by atoms with Gasteiger partial charge in [0.15, 0.2) is 0 Å². The smallest absolute Gasteiger partial charge is 0.255 e. The largest absolute Gasteiger partial charge is 0.399 e. The van der Waals surface area contributed by atoms with Crippen LogP contribution in [0.1, 0.15) is 30.6 Å². The molecule has 1 saturated heterocycles. The van der Waals surface area contributed by atoms with E-state index in [4.69, 9.17) is 17.3 Å². The third-order valence-corrected chi connectivity index (χ3v) is 3.71. The van der Waals surface area contributed by atoms with Gasteiger partial charge in [-0.3, -0.25) is 4.79 Å². The predicted molar refractivity (Wildman–Crippen MR) is 74.7 cm³/mol. The lowest BCUT2D eigenvalue weighted by molar-refractivity contribution is 0.0623. The van der Waals surface area contributed by atoms with E-state index in [9.17, 15) is 4.79 Å². The Labute approximate surface area is 113 Å². The summed E-state index contributed by atoms with van der Waals surface area (Å²) in [4.78, 5) is 14.3. The number of nitrogens with zero attached hydrogens (tertiary/aromatic N) is 1. The second kappa shape index (κ2) is 5.19. The summed E-state index contributed by atoms with van der Waals surface area (Å²) >= 11 is 6.08. The average Bonchev–Trinajstić information content (AvgIpc) is 2.30. The minimum Gasteiger partial charge on any atom is -0.399 e. The summed E-state index contributed by atoms with van der Waals surface area (Å²) in [6, 6.07) is 5.05. The third-order valence-electron chi connectivity index (χ3n) is 3.38. The van der Waals surface area contributed by atoms with Crippen LogP contribution >= 0.6 is 11.6 Å². The van der Waals surface area contributed by atoms with Gasteiger partial charge >= 0.3 is 0 Å². The van der Waals surface area contributed by atoms with Gasteiger partial charge < -0.3 is 10.6 Å². The predicted octanol–water partition coefficient (Wildman–Crippen LogP) is 3.04. The van der Waals surface area contributed by atoms with Crippen molar-refractivity contribution < 1.29 is 4.79 Å². The van der Waals surface area contributed by atoms with Crippen LogP contribution in [-0.2, 0) is 0 Å². The number of halogens is 1. The zero-order chi connectivity index (χ0) is 13.3. The van der Waals surface area contributed by atoms with Crippen molar-refractivity contribution in [3.05, 3.63) is 28.8 Å². The number of likely N-dealkylation sites (tertiary alicyclic amines) is 1. The minimum absolute atomic E-state index is 0.00861. The molecular weight excluding hydrogens is 248 g/mol. The molecule has 1 aliphatic rings. The lowest BCUT2D eigenvalue weighted by atomic mass is 9.91. The van der Waals surface area contributed by atoms with Gasteiger partial charge in [0.05, 0.1) is 10.6 Å². The van der Waals surface area contributed by atoms with Gasteiger partial charge in [0, 0.05) is 18.8 Å². The average molecular weight is 267 g/mol. The van der Waals surface area contributed by atoms with E-state index in [1.807, 2.05) is 4.90 Å². The van der Waals surface area contributed by atoms with Crippen LogP contribution in [0, 0.1) is 11.8 Å². The maximum absolute atomic E-state index is 12.4. The van der Waals surface area contributed by atoms with E-state index in [2.05, 4.69) is 13.8 Å². The molecule has 0 unspecified atom stereocenters. The number of hydrogen-bond acceptors (Lipinski definition) is 2. The van der Waals surface area contributed by atoms with Gasteiger partial charge in [0.25, 0.3) is 5.91 Å². The fourth-order valence-corrected chi connectivity index (χ4v) is 2.90. The van der Waals surface area contributed by atoms with Gasteiger partial charge in [-0.15, -0.1) is 0 Å². The number of benzene rings is 1. The highest BCUT2D eigenvalue weighted by atomic mass is 35.5. The van der Waals surface area contributed by atoms with Crippen LogP contribution in [0.4, 0.5) is 5.69 Å². The molecule has 1 aliphatic heterocycles. The van der Waals surface area contributed by atoms with Gasteiger partial charge in [-0.05, 0) is 36.5 Å². The molecule has 18 heavy (non-hydrogen) atoms. The minimum atomic E-state index is -0.00861. The Bertz CT molecular complexity index is 451. The molecule has 1 fully saturated rings. The molecule has 1 aromatic rings. The molecule has 2 N–H and O–H groups in total. The van der Waals surface area contributed by atoms with Crippen molar-refractivity contribution in [1.82, 2.24) is 4.90 Å². The van der Waals surface area contributed by atoms with Crippen LogP contribution in [0.3, 0.4) is 0 Å². The highest BCUT2D eigenvalue weighted by molar-refractivity contribution is 6.34. The van der Waals surface area contributed by atoms with E-state index >= 15 is 0 Å². The van der Waals surface area contributed by atoms with Crippen molar-refractivity contribution in [2.24, 2.45) is 11.8 Å². The highest BCUT2D eigenvalue weighted by Crippen LogP contribution is 2.25. The standard InChI is InChI=1S/C14H19ClN2O/c1-9-5-10(2)8-17(7-9)14(18)12-6-11(16)3-4-13(12)15/h3-4,6,9-10H,5,7-8,16H2,1-2H3/t9-,10+. The second-order valence-electron chi connectivity index (χ2n) is 5.40. The van der Waals surface area contributed by atoms with E-state index in [-0.39, 0.29) is 5.91 Å². The summed E-state index contributed by atoms with van der Waals surface area (Å²) in [5, 5.41) is 0.472. The normalized spacial score (nSPS) is 24.1. The fourth-order valence-electron chi connectivity index (χ4n) is 2.71. The van der Waals surface area contributed by atoms with Crippen LogP contribution in [0.2, 0.25) is 5.02 Å². The summed E-state index contributed by atoms with van der Waals surface area (Å²) in [6.45, 7) is 5.95. The number of nitrogens with two attached hydrogens (primary N) is 1. The molecule has 1 heterocycles. The molecule has 3 nitrogen and oxygen atoms in total. The van der Waals surface area contributed by atoms with Crippen LogP contribution in [-0.4, -0.2) is 23.9 Å². The third kappa shape index (κ3) is 2.78. The summed E-state index contributed by atoms with van der Waals surface area (Å²) in [7, 11) is 0. The Morgan fingerprint density at radius 2 is 1.94 bits per heavy atom. The van der Waals surface area contributed by atoms with Crippen LogP contribution in [0.25, 0.3) is 0 Å². The molecule has 1 aromatic carbocycles. The number of amides is 1. The Balaban J connectivity index is 2.22. The molecule has 0 radical (unpaired) electrons. The fraction of sp³-hybridized carbons (Fsp3) is 0.500. The molecular formula is C14H19ClN2O. The highest BCUT2D eigenvalue weighted by Gasteiger charge is 2.27. The van der Waals surface area contributed by atoms with Crippen molar-refractivity contribution in [2.45, 2.75) is 20.3 Å². The lowest BCUT2D eigenvalue weighted by Crippen LogP contribution is -2.42.